The predicted octanol–water partition coefficient (Wildman–Crippen LogP) is 6.85. The average molecular weight is 404 g/mol. The van der Waals surface area contributed by atoms with Crippen LogP contribution in [0.4, 0.5) is 0 Å². The van der Waals surface area contributed by atoms with Crippen LogP contribution in [0.1, 0.15) is 92.1 Å². The smallest absolute Gasteiger partial charge is 0.193 e. The van der Waals surface area contributed by atoms with E-state index in [1.807, 2.05) is 42.5 Å². The van der Waals surface area contributed by atoms with E-state index in [4.69, 9.17) is 0 Å². The van der Waals surface area contributed by atoms with Crippen molar-refractivity contribution in [1.29, 1.82) is 0 Å². The molecule has 1 heterocycles. The fourth-order valence-electron chi connectivity index (χ4n) is 5.70. The first-order valence-electron chi connectivity index (χ1n) is 12.1. The topological polar surface area (TPSA) is 20.3 Å². The van der Waals surface area contributed by atoms with Crippen molar-refractivity contribution in [2.45, 2.75) is 76.7 Å². The first kappa shape index (κ1) is 21.3. The second-order valence-electron chi connectivity index (χ2n) is 9.57. The lowest BCUT2D eigenvalue weighted by Crippen LogP contribution is -2.42. The van der Waals surface area contributed by atoms with Crippen LogP contribution in [0, 0.1) is 5.92 Å². The van der Waals surface area contributed by atoms with E-state index in [1.165, 1.54) is 69.9 Å². The number of hydrogen-bond donors (Lipinski definition) is 0. The standard InChI is InChI=1S/C28H37NO/c1-22(21-29-19-11-10-16-25(29)20-23-12-4-2-5-13-23)26-17-8-9-18-27(26)28(30)24-14-6-3-7-15-24/h3,6-9,14-15,17-18,22-23,25H,2,4-5,10-13,16,19-21H2,1H3. The van der Waals surface area contributed by atoms with Gasteiger partial charge in [-0.2, -0.15) is 0 Å². The zero-order valence-electron chi connectivity index (χ0n) is 18.6. The molecule has 0 spiro atoms. The summed E-state index contributed by atoms with van der Waals surface area (Å²) >= 11 is 0. The van der Waals surface area contributed by atoms with Crippen LogP contribution in [0.15, 0.2) is 54.6 Å². The van der Waals surface area contributed by atoms with E-state index >= 15 is 0 Å². The maximum atomic E-state index is 13.2. The molecule has 2 nitrogen and oxygen atoms in total. The summed E-state index contributed by atoms with van der Waals surface area (Å²) in [6.45, 7) is 4.59. The van der Waals surface area contributed by atoms with Crippen molar-refractivity contribution in [1.82, 2.24) is 4.90 Å². The highest BCUT2D eigenvalue weighted by molar-refractivity contribution is 6.10. The Morgan fingerprint density at radius 2 is 1.60 bits per heavy atom. The number of likely N-dealkylation sites (tertiary alicyclic amines) is 1. The molecule has 160 valence electrons. The Kier molecular flexibility index (Phi) is 7.38. The molecule has 0 amide bonds. The number of rotatable bonds is 7. The minimum absolute atomic E-state index is 0.149. The van der Waals surface area contributed by atoms with E-state index in [0.717, 1.165) is 29.6 Å². The first-order chi connectivity index (χ1) is 14.7. The minimum Gasteiger partial charge on any atom is -0.300 e. The second-order valence-corrected chi connectivity index (χ2v) is 9.57. The summed E-state index contributed by atoms with van der Waals surface area (Å²) in [5.74, 6) is 1.45. The Labute approximate surface area is 182 Å². The third-order valence-corrected chi connectivity index (χ3v) is 7.36. The van der Waals surface area contributed by atoms with Gasteiger partial charge in [0.2, 0.25) is 0 Å². The molecule has 2 aliphatic rings. The number of carbonyl (C=O) groups excluding carboxylic acids is 1. The van der Waals surface area contributed by atoms with Gasteiger partial charge in [-0.25, -0.2) is 0 Å². The number of hydrogen-bond acceptors (Lipinski definition) is 2. The van der Waals surface area contributed by atoms with Gasteiger partial charge < -0.3 is 0 Å². The fraction of sp³-hybridized carbons (Fsp3) is 0.536. The summed E-state index contributed by atoms with van der Waals surface area (Å²) in [5, 5.41) is 0. The lowest BCUT2D eigenvalue weighted by molar-refractivity contribution is 0.103. The largest absolute Gasteiger partial charge is 0.300 e. The van der Waals surface area contributed by atoms with Crippen molar-refractivity contribution in [3.05, 3.63) is 71.3 Å². The van der Waals surface area contributed by atoms with Gasteiger partial charge in [0.25, 0.3) is 0 Å². The molecular weight excluding hydrogens is 366 g/mol. The van der Waals surface area contributed by atoms with Gasteiger partial charge >= 0.3 is 0 Å². The third kappa shape index (κ3) is 5.21. The van der Waals surface area contributed by atoms with Crippen LogP contribution in [0.3, 0.4) is 0 Å². The van der Waals surface area contributed by atoms with Crippen molar-refractivity contribution in [2.75, 3.05) is 13.1 Å². The van der Waals surface area contributed by atoms with Crippen LogP contribution in [0.25, 0.3) is 0 Å². The maximum Gasteiger partial charge on any atom is 0.193 e. The quantitative estimate of drug-likeness (QED) is 0.471. The molecule has 30 heavy (non-hydrogen) atoms. The number of nitrogens with zero attached hydrogens (tertiary/aromatic N) is 1. The third-order valence-electron chi connectivity index (χ3n) is 7.36. The van der Waals surface area contributed by atoms with Crippen molar-refractivity contribution >= 4 is 5.78 Å². The number of carbonyl (C=O) groups is 1. The number of piperidine rings is 1. The van der Waals surface area contributed by atoms with Gasteiger partial charge in [0.15, 0.2) is 5.78 Å². The molecule has 1 aliphatic heterocycles. The molecule has 1 saturated carbocycles. The summed E-state index contributed by atoms with van der Waals surface area (Å²) < 4.78 is 0. The van der Waals surface area contributed by atoms with E-state index in [-0.39, 0.29) is 5.78 Å². The molecule has 1 aliphatic carbocycles. The molecule has 0 radical (unpaired) electrons. The van der Waals surface area contributed by atoms with Crippen molar-refractivity contribution in [2.24, 2.45) is 5.92 Å². The van der Waals surface area contributed by atoms with Crippen LogP contribution in [0.2, 0.25) is 0 Å². The highest BCUT2D eigenvalue weighted by Gasteiger charge is 2.28. The Balaban J connectivity index is 1.47. The molecule has 1 saturated heterocycles. The summed E-state index contributed by atoms with van der Waals surface area (Å²) in [6, 6.07) is 18.7. The van der Waals surface area contributed by atoms with Crippen LogP contribution in [-0.4, -0.2) is 29.8 Å². The van der Waals surface area contributed by atoms with Gasteiger partial charge in [-0.05, 0) is 43.2 Å². The zero-order chi connectivity index (χ0) is 20.8. The van der Waals surface area contributed by atoms with Crippen molar-refractivity contribution in [3.8, 4) is 0 Å². The van der Waals surface area contributed by atoms with E-state index in [1.54, 1.807) is 0 Å². The van der Waals surface area contributed by atoms with Gasteiger partial charge in [0.05, 0.1) is 0 Å². The number of ketones is 1. The Hall–Kier alpha value is -1.93. The average Bonchev–Trinajstić information content (AvgIpc) is 2.81. The summed E-state index contributed by atoms with van der Waals surface area (Å²) in [6.07, 6.45) is 12.6. The monoisotopic (exact) mass is 403 g/mol. The van der Waals surface area contributed by atoms with Gasteiger partial charge in [0, 0.05) is 23.7 Å². The zero-order valence-corrected chi connectivity index (χ0v) is 18.6. The Morgan fingerprint density at radius 3 is 2.40 bits per heavy atom. The molecule has 2 atom stereocenters. The predicted molar refractivity (Wildman–Crippen MR) is 125 cm³/mol. The van der Waals surface area contributed by atoms with E-state index in [9.17, 15) is 4.79 Å². The lowest BCUT2D eigenvalue weighted by atomic mass is 9.82. The molecule has 2 aromatic rings. The highest BCUT2D eigenvalue weighted by atomic mass is 16.1. The molecule has 2 heteroatoms. The molecule has 2 aromatic carbocycles. The molecule has 0 bridgehead atoms. The van der Waals surface area contributed by atoms with Gasteiger partial charge in [-0.1, -0.05) is 100 Å². The molecule has 2 fully saturated rings. The second kappa shape index (κ2) is 10.4. The molecule has 0 N–H and O–H groups in total. The minimum atomic E-state index is 0.149. The van der Waals surface area contributed by atoms with Crippen LogP contribution < -0.4 is 0 Å². The van der Waals surface area contributed by atoms with E-state index in [0.29, 0.717) is 5.92 Å². The van der Waals surface area contributed by atoms with E-state index in [2.05, 4.69) is 24.0 Å². The van der Waals surface area contributed by atoms with E-state index < -0.39 is 0 Å². The van der Waals surface area contributed by atoms with Crippen molar-refractivity contribution < 1.29 is 4.79 Å². The Bertz CT molecular complexity index is 808. The van der Waals surface area contributed by atoms with Crippen LogP contribution >= 0.6 is 0 Å². The lowest BCUT2D eigenvalue weighted by Gasteiger charge is -2.40. The van der Waals surface area contributed by atoms with Crippen LogP contribution in [-0.2, 0) is 0 Å². The maximum absolute atomic E-state index is 13.2. The SMILES string of the molecule is CC(CN1CCCCC1CC1CCCCC1)c1ccccc1C(=O)c1ccccc1. The van der Waals surface area contributed by atoms with Gasteiger partial charge in [-0.15, -0.1) is 0 Å². The fourth-order valence-corrected chi connectivity index (χ4v) is 5.70. The summed E-state index contributed by atoms with van der Waals surface area (Å²) in [4.78, 5) is 15.9. The summed E-state index contributed by atoms with van der Waals surface area (Å²) in [5.41, 5.74) is 2.86. The molecule has 2 unspecified atom stereocenters. The molecular formula is C28H37NO. The normalized spacial score (nSPS) is 22.0. The van der Waals surface area contributed by atoms with Gasteiger partial charge in [0.1, 0.15) is 0 Å². The first-order valence-corrected chi connectivity index (χ1v) is 12.1. The summed E-state index contributed by atoms with van der Waals surface area (Å²) in [7, 11) is 0. The number of benzene rings is 2. The van der Waals surface area contributed by atoms with Crippen molar-refractivity contribution in [3.63, 3.8) is 0 Å². The molecule has 0 aromatic heterocycles. The highest BCUT2D eigenvalue weighted by Crippen LogP contribution is 2.33. The Morgan fingerprint density at radius 1 is 0.900 bits per heavy atom. The van der Waals surface area contributed by atoms with Crippen LogP contribution in [0.5, 0.6) is 0 Å². The van der Waals surface area contributed by atoms with Gasteiger partial charge in [-0.3, -0.25) is 9.69 Å². The molecule has 4 rings (SSSR count).